The van der Waals surface area contributed by atoms with Gasteiger partial charge in [0.05, 0.1) is 12.7 Å². The van der Waals surface area contributed by atoms with Gasteiger partial charge in [-0.1, -0.05) is 0 Å². The summed E-state index contributed by atoms with van der Waals surface area (Å²) < 4.78 is 10.4. The first kappa shape index (κ1) is 14.2. The molecule has 1 unspecified atom stereocenters. The van der Waals surface area contributed by atoms with Gasteiger partial charge in [0.1, 0.15) is 24.4 Å². The maximum atomic E-state index is 9.60. The van der Waals surface area contributed by atoms with Gasteiger partial charge in [0.15, 0.2) is 6.29 Å². The summed E-state index contributed by atoms with van der Waals surface area (Å²) >= 11 is 4.01. The first-order valence-electron chi connectivity index (χ1n) is 5.08. The smallest absolute Gasteiger partial charge is 0.186 e. The van der Waals surface area contributed by atoms with E-state index in [2.05, 4.69) is 12.6 Å². The van der Waals surface area contributed by atoms with Crippen LogP contribution >= 0.6 is 12.6 Å². The third-order valence-electron chi connectivity index (χ3n) is 2.47. The third-order valence-corrected chi connectivity index (χ3v) is 2.99. The highest BCUT2D eigenvalue weighted by atomic mass is 32.1. The second-order valence-electron chi connectivity index (χ2n) is 3.83. The molecule has 0 aromatic rings. The number of ether oxygens (including phenoxy) is 2. The third kappa shape index (κ3) is 3.07. The Kier molecular flexibility index (Phi) is 5.45. The molecular formula is C9H18O6S. The summed E-state index contributed by atoms with van der Waals surface area (Å²) in [5, 5.41) is 37.5. The van der Waals surface area contributed by atoms with Crippen LogP contribution in [0.15, 0.2) is 0 Å². The minimum Gasteiger partial charge on any atom is -0.394 e. The lowest BCUT2D eigenvalue weighted by atomic mass is 9.99. The van der Waals surface area contributed by atoms with Crippen LogP contribution in [0.25, 0.3) is 0 Å². The maximum absolute atomic E-state index is 9.60. The molecule has 0 bridgehead atoms. The molecule has 1 heterocycles. The summed E-state index contributed by atoms with van der Waals surface area (Å²) in [7, 11) is 0. The molecule has 1 fully saturated rings. The van der Waals surface area contributed by atoms with Crippen molar-refractivity contribution in [2.45, 2.75) is 43.7 Å². The zero-order chi connectivity index (χ0) is 12.3. The van der Waals surface area contributed by atoms with Crippen molar-refractivity contribution in [1.29, 1.82) is 0 Å². The Hall–Kier alpha value is 0.110. The molecular weight excluding hydrogens is 236 g/mol. The summed E-state index contributed by atoms with van der Waals surface area (Å²) in [6, 6.07) is 0. The summed E-state index contributed by atoms with van der Waals surface area (Å²) in [5.74, 6) is 0.426. The fourth-order valence-electron chi connectivity index (χ4n) is 1.45. The fraction of sp³-hybridized carbons (Fsp3) is 1.00. The van der Waals surface area contributed by atoms with Gasteiger partial charge in [-0.05, 0) is 6.92 Å². The second-order valence-corrected chi connectivity index (χ2v) is 4.19. The van der Waals surface area contributed by atoms with E-state index in [-0.39, 0.29) is 6.10 Å². The van der Waals surface area contributed by atoms with Crippen LogP contribution in [0, 0.1) is 0 Å². The van der Waals surface area contributed by atoms with Crippen LogP contribution in [-0.4, -0.2) is 69.6 Å². The van der Waals surface area contributed by atoms with E-state index in [9.17, 15) is 15.3 Å². The lowest BCUT2D eigenvalue weighted by Crippen LogP contribution is -2.59. The first-order valence-corrected chi connectivity index (χ1v) is 5.71. The van der Waals surface area contributed by atoms with Crippen LogP contribution in [0.3, 0.4) is 0 Å². The van der Waals surface area contributed by atoms with Crippen molar-refractivity contribution in [3.63, 3.8) is 0 Å². The van der Waals surface area contributed by atoms with Gasteiger partial charge in [-0.3, -0.25) is 0 Å². The number of rotatable bonds is 4. The van der Waals surface area contributed by atoms with Gasteiger partial charge < -0.3 is 29.9 Å². The highest BCUT2D eigenvalue weighted by Gasteiger charge is 2.44. The molecule has 1 rings (SSSR count). The van der Waals surface area contributed by atoms with Gasteiger partial charge in [-0.2, -0.15) is 12.6 Å². The predicted molar refractivity (Wildman–Crippen MR) is 58.2 cm³/mol. The second kappa shape index (κ2) is 6.15. The standard InChI is InChI=1S/C9H18O6S/c1-4(3-16)14-9-8(13)7(12)6(11)5(2-10)15-9/h4-13,16H,2-3H2,1H3/t4?,5-,6+,7+,8-,9+/m1/s1. The molecule has 1 aliphatic rings. The summed E-state index contributed by atoms with van der Waals surface area (Å²) in [5.41, 5.74) is 0. The molecule has 0 aliphatic carbocycles. The molecule has 0 radical (unpaired) electrons. The Morgan fingerprint density at radius 1 is 1.25 bits per heavy atom. The Morgan fingerprint density at radius 2 is 1.88 bits per heavy atom. The summed E-state index contributed by atoms with van der Waals surface area (Å²) in [6.45, 7) is 1.27. The van der Waals surface area contributed by atoms with E-state index >= 15 is 0 Å². The van der Waals surface area contributed by atoms with E-state index in [4.69, 9.17) is 14.6 Å². The monoisotopic (exact) mass is 254 g/mol. The molecule has 96 valence electrons. The van der Waals surface area contributed by atoms with Crippen LogP contribution in [0.1, 0.15) is 6.92 Å². The van der Waals surface area contributed by atoms with Crippen molar-refractivity contribution in [3.8, 4) is 0 Å². The van der Waals surface area contributed by atoms with Gasteiger partial charge in [0.2, 0.25) is 0 Å². The molecule has 0 spiro atoms. The topological polar surface area (TPSA) is 99.4 Å². The minimum absolute atomic E-state index is 0.273. The van der Waals surface area contributed by atoms with Gasteiger partial charge >= 0.3 is 0 Å². The summed E-state index contributed by atoms with van der Waals surface area (Å²) in [6.07, 6.45) is -6.38. The van der Waals surface area contributed by atoms with Crippen molar-refractivity contribution in [2.75, 3.05) is 12.4 Å². The number of aliphatic hydroxyl groups excluding tert-OH is 4. The number of hydrogen-bond acceptors (Lipinski definition) is 7. The zero-order valence-corrected chi connectivity index (χ0v) is 9.83. The van der Waals surface area contributed by atoms with E-state index < -0.39 is 37.3 Å². The van der Waals surface area contributed by atoms with Crippen LogP contribution in [0.4, 0.5) is 0 Å². The number of hydrogen-bond donors (Lipinski definition) is 5. The molecule has 0 amide bonds. The van der Waals surface area contributed by atoms with Gasteiger partial charge in [0.25, 0.3) is 0 Å². The van der Waals surface area contributed by atoms with Crippen LogP contribution < -0.4 is 0 Å². The Balaban J connectivity index is 2.63. The van der Waals surface area contributed by atoms with E-state index in [0.717, 1.165) is 0 Å². The highest BCUT2D eigenvalue weighted by Crippen LogP contribution is 2.22. The lowest BCUT2D eigenvalue weighted by Gasteiger charge is -2.40. The van der Waals surface area contributed by atoms with Crippen LogP contribution in [-0.2, 0) is 9.47 Å². The first-order chi connectivity index (χ1) is 7.51. The quantitative estimate of drug-likeness (QED) is 0.377. The Bertz CT molecular complexity index is 214. The average Bonchev–Trinajstić information content (AvgIpc) is 2.29. The largest absolute Gasteiger partial charge is 0.394 e. The Morgan fingerprint density at radius 3 is 2.38 bits per heavy atom. The molecule has 0 aromatic carbocycles. The molecule has 0 aromatic heterocycles. The van der Waals surface area contributed by atoms with Crippen molar-refractivity contribution >= 4 is 12.6 Å². The van der Waals surface area contributed by atoms with E-state index in [1.807, 2.05) is 0 Å². The zero-order valence-electron chi connectivity index (χ0n) is 8.93. The van der Waals surface area contributed by atoms with Crippen molar-refractivity contribution < 1.29 is 29.9 Å². The molecule has 1 saturated heterocycles. The van der Waals surface area contributed by atoms with E-state index in [0.29, 0.717) is 5.75 Å². The summed E-state index contributed by atoms with van der Waals surface area (Å²) in [4.78, 5) is 0. The molecule has 0 saturated carbocycles. The molecule has 4 N–H and O–H groups in total. The molecule has 1 aliphatic heterocycles. The minimum atomic E-state index is -1.40. The van der Waals surface area contributed by atoms with E-state index in [1.54, 1.807) is 6.92 Å². The van der Waals surface area contributed by atoms with Crippen LogP contribution in [0.2, 0.25) is 0 Å². The van der Waals surface area contributed by atoms with Gasteiger partial charge in [0, 0.05) is 5.75 Å². The van der Waals surface area contributed by atoms with Gasteiger partial charge in [-0.25, -0.2) is 0 Å². The number of thiol groups is 1. The SMILES string of the molecule is CC(CS)O[C@H]1O[C@H](CO)[C@H](O)[C@H](O)[C@H]1O. The van der Waals surface area contributed by atoms with E-state index in [1.165, 1.54) is 0 Å². The predicted octanol–water partition coefficient (Wildman–Crippen LogP) is -1.88. The molecule has 16 heavy (non-hydrogen) atoms. The highest BCUT2D eigenvalue weighted by molar-refractivity contribution is 7.80. The Labute approximate surface area is 99.2 Å². The average molecular weight is 254 g/mol. The van der Waals surface area contributed by atoms with Crippen molar-refractivity contribution in [1.82, 2.24) is 0 Å². The molecule has 7 heteroatoms. The maximum Gasteiger partial charge on any atom is 0.186 e. The van der Waals surface area contributed by atoms with Crippen molar-refractivity contribution in [3.05, 3.63) is 0 Å². The molecule has 6 atom stereocenters. The normalized spacial score (nSPS) is 42.0. The molecule has 6 nitrogen and oxygen atoms in total. The van der Waals surface area contributed by atoms with Crippen molar-refractivity contribution in [2.24, 2.45) is 0 Å². The lowest BCUT2D eigenvalue weighted by molar-refractivity contribution is -0.308. The fourth-order valence-corrected chi connectivity index (χ4v) is 1.54. The number of aliphatic hydroxyl groups is 4. The van der Waals surface area contributed by atoms with Gasteiger partial charge in [-0.15, -0.1) is 0 Å². The van der Waals surface area contributed by atoms with Crippen LogP contribution in [0.5, 0.6) is 0 Å².